The van der Waals surface area contributed by atoms with Crippen LogP contribution in [0.5, 0.6) is 5.75 Å². The maximum absolute atomic E-state index is 12.1. The van der Waals surface area contributed by atoms with Crippen molar-refractivity contribution in [1.29, 1.82) is 0 Å². The fourth-order valence-corrected chi connectivity index (χ4v) is 2.58. The monoisotopic (exact) mass is 306 g/mol. The number of hydrogen-bond acceptors (Lipinski definition) is 4. The summed E-state index contributed by atoms with van der Waals surface area (Å²) in [4.78, 5) is 12.1. The van der Waals surface area contributed by atoms with Gasteiger partial charge in [-0.1, -0.05) is 18.2 Å². The highest BCUT2D eigenvalue weighted by Crippen LogP contribution is 2.33. The first-order chi connectivity index (χ1) is 10.1. The number of ether oxygens (including phenoxy) is 2. The zero-order chi connectivity index (χ0) is 15.4. The molecule has 0 aromatic heterocycles. The second-order valence-electron chi connectivity index (χ2n) is 4.53. The Morgan fingerprint density at radius 3 is 2.76 bits per heavy atom. The molecule has 6 heteroatoms. The van der Waals surface area contributed by atoms with Crippen molar-refractivity contribution in [1.82, 2.24) is 10.6 Å². The molecule has 5 nitrogen and oxygen atoms in total. The molecule has 0 radical (unpaired) electrons. The maximum atomic E-state index is 12.1. The Hall–Kier alpha value is -2.08. The molecular weight excluding hydrogens is 288 g/mol. The summed E-state index contributed by atoms with van der Waals surface area (Å²) >= 11 is 5.19. The third-order valence-corrected chi connectivity index (χ3v) is 3.42. The van der Waals surface area contributed by atoms with Gasteiger partial charge in [-0.3, -0.25) is 0 Å². The largest absolute Gasteiger partial charge is 0.494 e. The fourth-order valence-electron chi connectivity index (χ4n) is 2.31. The van der Waals surface area contributed by atoms with Gasteiger partial charge in [-0.05, 0) is 32.1 Å². The van der Waals surface area contributed by atoms with Crippen LogP contribution in [-0.2, 0) is 9.53 Å². The maximum Gasteiger partial charge on any atom is 0.337 e. The molecule has 0 fully saturated rings. The third-order valence-electron chi connectivity index (χ3n) is 3.20. The second-order valence-corrected chi connectivity index (χ2v) is 4.94. The molecule has 1 heterocycles. The van der Waals surface area contributed by atoms with E-state index in [1.165, 1.54) is 7.11 Å². The van der Waals surface area contributed by atoms with Crippen LogP contribution in [0.15, 0.2) is 35.5 Å². The van der Waals surface area contributed by atoms with E-state index < -0.39 is 12.0 Å². The SMILES string of the molecule is CCOc1ccccc1[C@H]1NC(=S)NC(C)=C1C(=O)OC. The first kappa shape index (κ1) is 15.3. The molecule has 1 aromatic carbocycles. The predicted molar refractivity (Wildman–Crippen MR) is 83.9 cm³/mol. The highest BCUT2D eigenvalue weighted by Gasteiger charge is 2.32. The normalized spacial score (nSPS) is 17.9. The molecule has 0 bridgehead atoms. The highest BCUT2D eigenvalue weighted by molar-refractivity contribution is 7.80. The van der Waals surface area contributed by atoms with Crippen molar-refractivity contribution in [2.45, 2.75) is 19.9 Å². The molecule has 1 atom stereocenters. The molecule has 0 amide bonds. The minimum Gasteiger partial charge on any atom is -0.494 e. The third kappa shape index (κ3) is 3.16. The number of carbonyl (C=O) groups excluding carboxylic acids is 1. The van der Waals surface area contributed by atoms with Crippen LogP contribution in [0.2, 0.25) is 0 Å². The summed E-state index contributed by atoms with van der Waals surface area (Å²) in [7, 11) is 1.36. The zero-order valence-corrected chi connectivity index (χ0v) is 13.0. The first-order valence-electron chi connectivity index (χ1n) is 6.66. The van der Waals surface area contributed by atoms with Crippen LogP contribution < -0.4 is 15.4 Å². The summed E-state index contributed by atoms with van der Waals surface area (Å²) in [6.07, 6.45) is 0. The smallest absolute Gasteiger partial charge is 0.337 e. The number of nitrogens with one attached hydrogen (secondary N) is 2. The number of allylic oxidation sites excluding steroid dienone is 1. The lowest BCUT2D eigenvalue weighted by atomic mass is 9.95. The molecule has 21 heavy (non-hydrogen) atoms. The summed E-state index contributed by atoms with van der Waals surface area (Å²) in [5, 5.41) is 6.53. The molecule has 1 aliphatic heterocycles. The van der Waals surface area contributed by atoms with Crippen LogP contribution >= 0.6 is 12.2 Å². The number of methoxy groups -OCH3 is 1. The Bertz CT molecular complexity index is 598. The van der Waals surface area contributed by atoms with E-state index in [1.807, 2.05) is 31.2 Å². The van der Waals surface area contributed by atoms with Crippen molar-refractivity contribution in [3.8, 4) is 5.75 Å². The molecule has 2 rings (SSSR count). The molecule has 112 valence electrons. The van der Waals surface area contributed by atoms with E-state index in [4.69, 9.17) is 21.7 Å². The van der Waals surface area contributed by atoms with Crippen molar-refractivity contribution in [2.75, 3.05) is 13.7 Å². The van der Waals surface area contributed by atoms with E-state index in [0.717, 1.165) is 11.3 Å². The lowest BCUT2D eigenvalue weighted by Gasteiger charge is -2.30. The average Bonchev–Trinajstić information content (AvgIpc) is 2.46. The Morgan fingerprint density at radius 1 is 1.38 bits per heavy atom. The number of hydrogen-bond donors (Lipinski definition) is 2. The van der Waals surface area contributed by atoms with Crippen molar-refractivity contribution < 1.29 is 14.3 Å². The van der Waals surface area contributed by atoms with Gasteiger partial charge in [0.2, 0.25) is 0 Å². The van der Waals surface area contributed by atoms with Crippen molar-refractivity contribution in [3.63, 3.8) is 0 Å². The van der Waals surface area contributed by atoms with Gasteiger partial charge in [0.15, 0.2) is 5.11 Å². The lowest BCUT2D eigenvalue weighted by molar-refractivity contribution is -0.136. The van der Waals surface area contributed by atoms with E-state index in [-0.39, 0.29) is 0 Å². The van der Waals surface area contributed by atoms with Crippen molar-refractivity contribution in [2.24, 2.45) is 0 Å². The summed E-state index contributed by atoms with van der Waals surface area (Å²) < 4.78 is 10.5. The summed E-state index contributed by atoms with van der Waals surface area (Å²) in [5.74, 6) is 0.322. The number of carbonyl (C=O) groups is 1. The molecule has 1 aromatic rings. The van der Waals surface area contributed by atoms with Crippen LogP contribution in [0, 0.1) is 0 Å². The van der Waals surface area contributed by atoms with E-state index >= 15 is 0 Å². The fraction of sp³-hybridized carbons (Fsp3) is 0.333. The number of benzene rings is 1. The van der Waals surface area contributed by atoms with Crippen LogP contribution in [0.3, 0.4) is 0 Å². The standard InChI is InChI=1S/C15H18N2O3S/c1-4-20-11-8-6-5-7-10(11)13-12(14(18)19-3)9(2)16-15(21)17-13/h5-8,13H,4H2,1-3H3,(H2,16,17,21)/t13-/m1/s1. The summed E-state index contributed by atoms with van der Waals surface area (Å²) in [6.45, 7) is 4.26. The number of thiocarbonyl (C=S) groups is 1. The van der Waals surface area contributed by atoms with Gasteiger partial charge in [-0.25, -0.2) is 4.79 Å². The minimum absolute atomic E-state index is 0.394. The quantitative estimate of drug-likeness (QED) is 0.656. The topological polar surface area (TPSA) is 59.6 Å². The molecular formula is C15H18N2O3S. The van der Waals surface area contributed by atoms with Gasteiger partial charge in [0.1, 0.15) is 5.75 Å². The van der Waals surface area contributed by atoms with Gasteiger partial charge in [-0.15, -0.1) is 0 Å². The zero-order valence-electron chi connectivity index (χ0n) is 12.2. The summed E-state index contributed by atoms with van der Waals surface area (Å²) in [5.41, 5.74) is 2.03. The van der Waals surface area contributed by atoms with Crippen LogP contribution in [0.1, 0.15) is 25.5 Å². The number of esters is 1. The lowest BCUT2D eigenvalue weighted by Crippen LogP contribution is -2.45. The van der Waals surface area contributed by atoms with Gasteiger partial charge in [0.25, 0.3) is 0 Å². The number of rotatable bonds is 4. The van der Waals surface area contributed by atoms with E-state index in [1.54, 1.807) is 6.92 Å². The second kappa shape index (κ2) is 6.58. The molecule has 1 aliphatic rings. The summed E-state index contributed by atoms with van der Waals surface area (Å²) in [6, 6.07) is 7.17. The Kier molecular flexibility index (Phi) is 4.80. The van der Waals surface area contributed by atoms with Crippen molar-refractivity contribution in [3.05, 3.63) is 41.1 Å². The molecule has 0 saturated heterocycles. The number of para-hydroxylation sites is 1. The minimum atomic E-state index is -0.397. The molecule has 0 spiro atoms. The van der Waals surface area contributed by atoms with Gasteiger partial charge in [0.05, 0.1) is 25.3 Å². The Balaban J connectivity index is 2.51. The molecule has 0 unspecified atom stereocenters. The van der Waals surface area contributed by atoms with Crippen molar-refractivity contribution >= 4 is 23.3 Å². The average molecular weight is 306 g/mol. The predicted octanol–water partition coefficient (Wildman–Crippen LogP) is 2.05. The first-order valence-corrected chi connectivity index (χ1v) is 7.07. The Morgan fingerprint density at radius 2 is 2.10 bits per heavy atom. The van der Waals surface area contributed by atoms with Gasteiger partial charge in [0, 0.05) is 11.3 Å². The molecule has 2 N–H and O–H groups in total. The van der Waals surface area contributed by atoms with Gasteiger partial charge in [-0.2, -0.15) is 0 Å². The van der Waals surface area contributed by atoms with E-state index in [9.17, 15) is 4.79 Å². The van der Waals surface area contributed by atoms with Crippen LogP contribution in [-0.4, -0.2) is 24.8 Å². The highest BCUT2D eigenvalue weighted by atomic mass is 32.1. The van der Waals surface area contributed by atoms with E-state index in [2.05, 4.69) is 10.6 Å². The van der Waals surface area contributed by atoms with Gasteiger partial charge >= 0.3 is 5.97 Å². The van der Waals surface area contributed by atoms with E-state index in [0.29, 0.717) is 23.0 Å². The van der Waals surface area contributed by atoms with Gasteiger partial charge < -0.3 is 20.1 Å². The Labute approximate surface area is 129 Å². The van der Waals surface area contributed by atoms with Crippen LogP contribution in [0.25, 0.3) is 0 Å². The van der Waals surface area contributed by atoms with Crippen LogP contribution in [0.4, 0.5) is 0 Å². The molecule has 0 aliphatic carbocycles. The molecule has 0 saturated carbocycles.